The molecule has 1 aromatic carbocycles. The lowest BCUT2D eigenvalue weighted by molar-refractivity contribution is 0.205. The smallest absolute Gasteiger partial charge is 0.0396 e. The number of benzene rings is 1. The van der Waals surface area contributed by atoms with Gasteiger partial charge in [0.05, 0.1) is 0 Å². The van der Waals surface area contributed by atoms with Crippen LogP contribution >= 0.6 is 0 Å². The Bertz CT molecular complexity index is 394. The first-order valence-corrected chi connectivity index (χ1v) is 7.72. The monoisotopic (exact) mass is 260 g/mol. The van der Waals surface area contributed by atoms with Crippen molar-refractivity contribution in [3.63, 3.8) is 0 Å². The Kier molecular flexibility index (Phi) is 4.87. The molecule has 1 aliphatic rings. The maximum Gasteiger partial charge on any atom is 0.0396 e. The van der Waals surface area contributed by atoms with Crippen molar-refractivity contribution in [3.05, 3.63) is 29.8 Å². The summed E-state index contributed by atoms with van der Waals surface area (Å²) in [4.78, 5) is 2.56. The van der Waals surface area contributed by atoms with E-state index < -0.39 is 0 Å². The Morgan fingerprint density at radius 3 is 2.63 bits per heavy atom. The first-order valence-electron chi connectivity index (χ1n) is 7.72. The molecule has 1 aliphatic heterocycles. The molecule has 19 heavy (non-hydrogen) atoms. The number of nitrogens with one attached hydrogen (secondary N) is 1. The fourth-order valence-corrected chi connectivity index (χ4v) is 3.27. The highest BCUT2D eigenvalue weighted by Crippen LogP contribution is 2.33. The molecule has 1 N–H and O–H groups in total. The van der Waals surface area contributed by atoms with Crippen molar-refractivity contribution in [2.75, 3.05) is 31.1 Å². The fourth-order valence-electron chi connectivity index (χ4n) is 3.27. The summed E-state index contributed by atoms with van der Waals surface area (Å²) in [7, 11) is 0. The number of anilines is 1. The zero-order chi connectivity index (χ0) is 13.7. The summed E-state index contributed by atoms with van der Waals surface area (Å²) in [6.07, 6.45) is 3.94. The van der Waals surface area contributed by atoms with Gasteiger partial charge in [-0.2, -0.15) is 0 Å². The second-order valence-electron chi connectivity index (χ2n) is 5.93. The number of nitrogens with zero attached hydrogens (tertiary/aromatic N) is 1. The maximum atomic E-state index is 3.60. The van der Waals surface area contributed by atoms with Gasteiger partial charge in [-0.1, -0.05) is 25.1 Å². The zero-order valence-electron chi connectivity index (χ0n) is 12.7. The van der Waals surface area contributed by atoms with E-state index in [1.165, 1.54) is 50.1 Å². The molecule has 2 heteroatoms. The number of para-hydroxylation sites is 1. The zero-order valence-corrected chi connectivity index (χ0v) is 12.7. The van der Waals surface area contributed by atoms with Crippen molar-refractivity contribution < 1.29 is 0 Å². The van der Waals surface area contributed by atoms with Gasteiger partial charge in [-0.05, 0) is 51.3 Å². The van der Waals surface area contributed by atoms with Crippen LogP contribution in [0.3, 0.4) is 0 Å². The summed E-state index contributed by atoms with van der Waals surface area (Å²) in [5, 5.41) is 3.60. The van der Waals surface area contributed by atoms with Crippen LogP contribution in [-0.2, 0) is 0 Å². The summed E-state index contributed by atoms with van der Waals surface area (Å²) in [5.41, 5.74) is 3.25. The van der Waals surface area contributed by atoms with Crippen molar-refractivity contribution >= 4 is 5.69 Å². The highest BCUT2D eigenvalue weighted by molar-refractivity contribution is 5.53. The molecule has 2 rings (SSSR count). The van der Waals surface area contributed by atoms with Crippen molar-refractivity contribution in [3.8, 4) is 0 Å². The van der Waals surface area contributed by atoms with Crippen molar-refractivity contribution in [1.29, 1.82) is 0 Å². The molecule has 0 saturated carbocycles. The Labute approximate surface area is 118 Å². The lowest BCUT2D eigenvalue weighted by Gasteiger charge is -2.42. The summed E-state index contributed by atoms with van der Waals surface area (Å²) in [5.74, 6) is 0. The molecular formula is C17H28N2. The van der Waals surface area contributed by atoms with Gasteiger partial charge in [-0.3, -0.25) is 0 Å². The lowest BCUT2D eigenvalue weighted by Crippen LogP contribution is -2.47. The van der Waals surface area contributed by atoms with Crippen LogP contribution in [-0.4, -0.2) is 26.2 Å². The molecule has 1 atom stereocenters. The average molecular weight is 260 g/mol. The van der Waals surface area contributed by atoms with Gasteiger partial charge in [0.15, 0.2) is 0 Å². The van der Waals surface area contributed by atoms with Gasteiger partial charge in [-0.15, -0.1) is 0 Å². The summed E-state index contributed by atoms with van der Waals surface area (Å²) in [6, 6.07) is 8.77. The summed E-state index contributed by atoms with van der Waals surface area (Å²) >= 11 is 0. The van der Waals surface area contributed by atoms with E-state index in [9.17, 15) is 0 Å². The van der Waals surface area contributed by atoms with Gasteiger partial charge >= 0.3 is 0 Å². The van der Waals surface area contributed by atoms with E-state index in [-0.39, 0.29) is 0 Å². The largest absolute Gasteiger partial charge is 0.371 e. The van der Waals surface area contributed by atoms with E-state index in [1.807, 2.05) is 0 Å². The predicted octanol–water partition coefficient (Wildman–Crippen LogP) is 3.60. The molecule has 0 amide bonds. The molecule has 0 bridgehead atoms. The second-order valence-corrected chi connectivity index (χ2v) is 5.93. The Hall–Kier alpha value is -1.02. The topological polar surface area (TPSA) is 15.3 Å². The third-order valence-corrected chi connectivity index (χ3v) is 4.67. The minimum absolute atomic E-state index is 0.455. The van der Waals surface area contributed by atoms with Gasteiger partial charge in [0.25, 0.3) is 0 Å². The van der Waals surface area contributed by atoms with E-state index in [0.29, 0.717) is 5.41 Å². The maximum absolute atomic E-state index is 3.60. The first-order chi connectivity index (χ1) is 9.21. The number of hydrogen-bond acceptors (Lipinski definition) is 2. The van der Waals surface area contributed by atoms with Crippen LogP contribution in [0.5, 0.6) is 0 Å². The number of aryl methyl sites for hydroxylation is 1. The molecule has 1 fully saturated rings. The third kappa shape index (κ3) is 3.30. The van der Waals surface area contributed by atoms with E-state index in [4.69, 9.17) is 0 Å². The van der Waals surface area contributed by atoms with E-state index in [2.05, 4.69) is 55.3 Å². The van der Waals surface area contributed by atoms with Crippen LogP contribution < -0.4 is 10.2 Å². The van der Waals surface area contributed by atoms with Crippen molar-refractivity contribution in [1.82, 2.24) is 5.32 Å². The molecule has 106 valence electrons. The van der Waals surface area contributed by atoms with Gasteiger partial charge in [0.1, 0.15) is 0 Å². The quantitative estimate of drug-likeness (QED) is 0.870. The Morgan fingerprint density at radius 1 is 1.26 bits per heavy atom. The van der Waals surface area contributed by atoms with Gasteiger partial charge < -0.3 is 10.2 Å². The normalized spacial score (nSPS) is 23.3. The van der Waals surface area contributed by atoms with Crippen LogP contribution in [0, 0.1) is 12.3 Å². The molecule has 0 aromatic heterocycles. The molecule has 1 aromatic rings. The average Bonchev–Trinajstić information content (AvgIpc) is 2.47. The van der Waals surface area contributed by atoms with Gasteiger partial charge in [-0.25, -0.2) is 0 Å². The van der Waals surface area contributed by atoms with Crippen molar-refractivity contribution in [2.45, 2.75) is 40.0 Å². The van der Waals surface area contributed by atoms with E-state index in [1.54, 1.807) is 0 Å². The van der Waals surface area contributed by atoms with Crippen LogP contribution in [0.4, 0.5) is 5.69 Å². The lowest BCUT2D eigenvalue weighted by atomic mass is 9.77. The molecular weight excluding hydrogens is 232 g/mol. The molecule has 0 radical (unpaired) electrons. The molecule has 0 aliphatic carbocycles. The van der Waals surface area contributed by atoms with Crippen molar-refractivity contribution in [2.24, 2.45) is 5.41 Å². The van der Waals surface area contributed by atoms with Crippen LogP contribution in [0.25, 0.3) is 0 Å². The predicted molar refractivity (Wildman–Crippen MR) is 83.9 cm³/mol. The minimum Gasteiger partial charge on any atom is -0.371 e. The highest BCUT2D eigenvalue weighted by Gasteiger charge is 2.32. The number of piperidine rings is 1. The second kappa shape index (κ2) is 6.42. The van der Waals surface area contributed by atoms with E-state index >= 15 is 0 Å². The third-order valence-electron chi connectivity index (χ3n) is 4.67. The molecule has 1 heterocycles. The number of rotatable bonds is 5. The van der Waals surface area contributed by atoms with Crippen LogP contribution in [0.1, 0.15) is 38.7 Å². The van der Waals surface area contributed by atoms with Gasteiger partial charge in [0, 0.05) is 30.7 Å². The molecule has 0 spiro atoms. The SMILES string of the molecule is CCN(CC1(CC)CCCNC1)c1ccccc1C. The molecule has 2 nitrogen and oxygen atoms in total. The Morgan fingerprint density at radius 2 is 2.05 bits per heavy atom. The van der Waals surface area contributed by atoms with Crippen LogP contribution in [0.2, 0.25) is 0 Å². The Balaban J connectivity index is 2.16. The minimum atomic E-state index is 0.455. The standard InChI is InChI=1S/C17H28N2/c1-4-17(11-8-12-18-13-17)14-19(5-2)16-10-7-6-9-15(16)3/h6-7,9-10,18H,4-5,8,11-14H2,1-3H3. The van der Waals surface area contributed by atoms with E-state index in [0.717, 1.165) is 6.54 Å². The van der Waals surface area contributed by atoms with Crippen LogP contribution in [0.15, 0.2) is 24.3 Å². The fraction of sp³-hybridized carbons (Fsp3) is 0.647. The first kappa shape index (κ1) is 14.4. The molecule has 1 unspecified atom stereocenters. The highest BCUT2D eigenvalue weighted by atomic mass is 15.1. The summed E-state index contributed by atoms with van der Waals surface area (Å²) in [6.45, 7) is 11.5. The summed E-state index contributed by atoms with van der Waals surface area (Å²) < 4.78 is 0. The van der Waals surface area contributed by atoms with Gasteiger partial charge in [0.2, 0.25) is 0 Å². The number of hydrogen-bond donors (Lipinski definition) is 1. The molecule has 1 saturated heterocycles.